The molecule has 0 aliphatic carbocycles. The van der Waals surface area contributed by atoms with Crippen LogP contribution in [-0.4, -0.2) is 19.9 Å². The van der Waals surface area contributed by atoms with Gasteiger partial charge in [-0.05, 0) is 6.07 Å². The molecule has 1 atom stereocenters. The lowest BCUT2D eigenvalue weighted by atomic mass is 10.2. The van der Waals surface area contributed by atoms with Crippen molar-refractivity contribution in [1.82, 2.24) is 14.8 Å². The molecular weight excluding hydrogens is 198 g/mol. The summed E-state index contributed by atoms with van der Waals surface area (Å²) in [7, 11) is 1.83. The van der Waals surface area contributed by atoms with Crippen LogP contribution in [0.1, 0.15) is 16.8 Å². The number of aliphatic hydroxyl groups is 1. The number of hydrogen-bond acceptors (Lipinski definition) is 4. The van der Waals surface area contributed by atoms with Crippen molar-refractivity contribution >= 4 is 11.3 Å². The van der Waals surface area contributed by atoms with Gasteiger partial charge < -0.3 is 5.11 Å². The fraction of sp³-hybridized carbons (Fsp3) is 0.333. The molecule has 5 heteroatoms. The van der Waals surface area contributed by atoms with Crippen LogP contribution >= 0.6 is 11.3 Å². The van der Waals surface area contributed by atoms with Crippen LogP contribution in [-0.2, 0) is 13.5 Å². The molecule has 1 unspecified atom stereocenters. The molecule has 1 N–H and O–H groups in total. The van der Waals surface area contributed by atoms with Crippen molar-refractivity contribution in [2.45, 2.75) is 12.5 Å². The lowest BCUT2D eigenvalue weighted by Crippen LogP contribution is -2.03. The number of aliphatic hydroxyl groups excluding tert-OH is 1. The Hall–Kier alpha value is -1.20. The summed E-state index contributed by atoms with van der Waals surface area (Å²) in [4.78, 5) is 4.11. The molecule has 0 aliphatic heterocycles. The van der Waals surface area contributed by atoms with Gasteiger partial charge in [0, 0.05) is 31.2 Å². The first kappa shape index (κ1) is 9.36. The summed E-state index contributed by atoms with van der Waals surface area (Å²) >= 11 is 1.55. The molecule has 0 bridgehead atoms. The van der Waals surface area contributed by atoms with Crippen LogP contribution in [0.3, 0.4) is 0 Å². The molecule has 2 rings (SSSR count). The van der Waals surface area contributed by atoms with Gasteiger partial charge in [0.15, 0.2) is 0 Å². The Labute approximate surface area is 85.8 Å². The third kappa shape index (κ3) is 2.00. The predicted octanol–water partition coefficient (Wildman–Crippen LogP) is 1.15. The first-order chi connectivity index (χ1) is 6.75. The molecule has 0 aromatic carbocycles. The number of aryl methyl sites for hydroxylation is 1. The molecule has 4 nitrogen and oxygen atoms in total. The number of aromatic nitrogens is 3. The van der Waals surface area contributed by atoms with Crippen molar-refractivity contribution in [2.24, 2.45) is 7.05 Å². The molecule has 0 saturated heterocycles. The topological polar surface area (TPSA) is 50.9 Å². The van der Waals surface area contributed by atoms with Crippen LogP contribution in [0, 0.1) is 0 Å². The predicted molar refractivity (Wildman–Crippen MR) is 54.0 cm³/mol. The van der Waals surface area contributed by atoms with Gasteiger partial charge in [-0.15, -0.1) is 11.3 Å². The largest absolute Gasteiger partial charge is 0.386 e. The van der Waals surface area contributed by atoms with Gasteiger partial charge in [-0.3, -0.25) is 4.68 Å². The highest BCUT2D eigenvalue weighted by atomic mass is 32.1. The first-order valence-corrected chi connectivity index (χ1v) is 5.19. The smallest absolute Gasteiger partial charge is 0.104 e. The number of rotatable bonds is 3. The van der Waals surface area contributed by atoms with Crippen LogP contribution in [0.5, 0.6) is 0 Å². The molecule has 0 spiro atoms. The van der Waals surface area contributed by atoms with Crippen LogP contribution in [0.4, 0.5) is 0 Å². The van der Waals surface area contributed by atoms with Crippen molar-refractivity contribution in [2.75, 3.05) is 0 Å². The Balaban J connectivity index is 2.06. The highest BCUT2D eigenvalue weighted by molar-refractivity contribution is 7.09. The normalized spacial score (nSPS) is 13.0. The van der Waals surface area contributed by atoms with Crippen LogP contribution in [0.25, 0.3) is 0 Å². The van der Waals surface area contributed by atoms with Crippen LogP contribution in [0.2, 0.25) is 0 Å². The molecular formula is C9H11N3OS. The molecule has 0 saturated carbocycles. The highest BCUT2D eigenvalue weighted by Gasteiger charge is 2.12. The van der Waals surface area contributed by atoms with E-state index in [0.717, 1.165) is 5.01 Å². The number of thiazole rings is 1. The number of nitrogens with zero attached hydrogens (tertiary/aromatic N) is 3. The van der Waals surface area contributed by atoms with E-state index in [2.05, 4.69) is 10.1 Å². The van der Waals surface area contributed by atoms with E-state index >= 15 is 0 Å². The third-order valence-corrected chi connectivity index (χ3v) is 2.73. The van der Waals surface area contributed by atoms with Gasteiger partial charge in [0.1, 0.15) is 6.10 Å². The van der Waals surface area contributed by atoms with E-state index in [1.807, 2.05) is 24.7 Å². The fourth-order valence-electron chi connectivity index (χ4n) is 1.23. The van der Waals surface area contributed by atoms with Crippen molar-refractivity contribution in [3.05, 3.63) is 34.5 Å². The van der Waals surface area contributed by atoms with Gasteiger partial charge in [-0.1, -0.05) is 0 Å². The summed E-state index contributed by atoms with van der Waals surface area (Å²) in [5.74, 6) is 0. The maximum Gasteiger partial charge on any atom is 0.104 e. The Kier molecular flexibility index (Phi) is 2.60. The molecule has 0 amide bonds. The molecule has 74 valence electrons. The second-order valence-electron chi connectivity index (χ2n) is 3.06. The van der Waals surface area contributed by atoms with E-state index in [0.29, 0.717) is 12.1 Å². The van der Waals surface area contributed by atoms with Gasteiger partial charge in [-0.2, -0.15) is 5.10 Å². The molecule has 14 heavy (non-hydrogen) atoms. The Bertz CT molecular complexity index is 396. The van der Waals surface area contributed by atoms with Crippen molar-refractivity contribution in [1.29, 1.82) is 0 Å². The zero-order valence-electron chi connectivity index (χ0n) is 7.79. The Morgan fingerprint density at radius 2 is 2.50 bits per heavy atom. The monoisotopic (exact) mass is 209 g/mol. The van der Waals surface area contributed by atoms with Crippen molar-refractivity contribution in [3.63, 3.8) is 0 Å². The summed E-state index contributed by atoms with van der Waals surface area (Å²) in [5, 5.41) is 16.8. The van der Waals surface area contributed by atoms with E-state index in [1.165, 1.54) is 0 Å². The van der Waals surface area contributed by atoms with Crippen LogP contribution < -0.4 is 0 Å². The Morgan fingerprint density at radius 3 is 3.07 bits per heavy atom. The average Bonchev–Trinajstić information content (AvgIpc) is 2.75. The summed E-state index contributed by atoms with van der Waals surface area (Å²) < 4.78 is 1.68. The van der Waals surface area contributed by atoms with E-state index in [1.54, 1.807) is 22.2 Å². The summed E-state index contributed by atoms with van der Waals surface area (Å²) in [6.07, 6.45) is 3.54. The van der Waals surface area contributed by atoms with Crippen LogP contribution in [0.15, 0.2) is 23.8 Å². The van der Waals surface area contributed by atoms with Gasteiger partial charge in [0.05, 0.1) is 10.7 Å². The van der Waals surface area contributed by atoms with Crippen molar-refractivity contribution in [3.8, 4) is 0 Å². The first-order valence-electron chi connectivity index (χ1n) is 4.31. The standard InChI is InChI=1S/C9H11N3OS/c1-12-4-2-7(11-12)8(13)6-9-10-3-5-14-9/h2-5,8,13H,6H2,1H3. The van der Waals surface area contributed by atoms with E-state index in [9.17, 15) is 5.11 Å². The number of hydrogen-bond donors (Lipinski definition) is 1. The zero-order valence-corrected chi connectivity index (χ0v) is 8.61. The second-order valence-corrected chi connectivity index (χ2v) is 4.04. The maximum atomic E-state index is 9.80. The van der Waals surface area contributed by atoms with Gasteiger partial charge in [0.2, 0.25) is 0 Å². The van der Waals surface area contributed by atoms with Crippen molar-refractivity contribution < 1.29 is 5.11 Å². The zero-order chi connectivity index (χ0) is 9.97. The fourth-order valence-corrected chi connectivity index (χ4v) is 1.89. The minimum absolute atomic E-state index is 0.536. The van der Waals surface area contributed by atoms with Gasteiger partial charge in [0.25, 0.3) is 0 Å². The lowest BCUT2D eigenvalue weighted by molar-refractivity contribution is 0.172. The van der Waals surface area contributed by atoms with E-state index in [-0.39, 0.29) is 0 Å². The minimum atomic E-state index is -0.553. The lowest BCUT2D eigenvalue weighted by Gasteiger charge is -2.04. The maximum absolute atomic E-state index is 9.80. The molecule has 2 heterocycles. The summed E-state index contributed by atoms with van der Waals surface area (Å²) in [5.41, 5.74) is 0.697. The summed E-state index contributed by atoms with van der Waals surface area (Å²) in [6.45, 7) is 0. The average molecular weight is 209 g/mol. The molecule has 2 aromatic rings. The van der Waals surface area contributed by atoms with E-state index < -0.39 is 6.10 Å². The van der Waals surface area contributed by atoms with Gasteiger partial charge >= 0.3 is 0 Å². The highest BCUT2D eigenvalue weighted by Crippen LogP contribution is 2.17. The quantitative estimate of drug-likeness (QED) is 0.825. The molecule has 0 fully saturated rings. The second kappa shape index (κ2) is 3.89. The minimum Gasteiger partial charge on any atom is -0.386 e. The molecule has 2 aromatic heterocycles. The summed E-state index contributed by atoms with van der Waals surface area (Å²) in [6, 6.07) is 1.82. The Morgan fingerprint density at radius 1 is 1.64 bits per heavy atom. The third-order valence-electron chi connectivity index (χ3n) is 1.93. The van der Waals surface area contributed by atoms with Gasteiger partial charge in [-0.25, -0.2) is 4.98 Å². The molecule has 0 aliphatic rings. The molecule has 0 radical (unpaired) electrons. The SMILES string of the molecule is Cn1ccc(C(O)Cc2nccs2)n1. The van der Waals surface area contributed by atoms with E-state index in [4.69, 9.17) is 0 Å².